The number of methoxy groups -OCH3 is 1. The molecule has 1 rings (SSSR count). The minimum atomic E-state index is -0.474. The molecule has 0 aliphatic rings. The maximum absolute atomic E-state index is 11.3. The van der Waals surface area contributed by atoms with E-state index in [-0.39, 0.29) is 5.02 Å². The lowest BCUT2D eigenvalue weighted by atomic mass is 9.93. The number of benzene rings is 1. The van der Waals surface area contributed by atoms with Crippen LogP contribution in [0, 0.1) is 0 Å². The fourth-order valence-corrected chi connectivity index (χ4v) is 1.31. The first-order valence-electron chi connectivity index (χ1n) is 4.40. The Morgan fingerprint density at radius 3 is 2.73 bits per heavy atom. The molecule has 0 unspecified atom stereocenters. The van der Waals surface area contributed by atoms with Crippen LogP contribution in [0.25, 0.3) is 0 Å². The molecule has 0 saturated carbocycles. The minimum Gasteiger partial charge on any atom is -0.494 e. The van der Waals surface area contributed by atoms with Crippen molar-refractivity contribution in [1.29, 1.82) is 0 Å². The van der Waals surface area contributed by atoms with Gasteiger partial charge in [0.2, 0.25) is 0 Å². The summed E-state index contributed by atoms with van der Waals surface area (Å²) in [5.74, 6) is -0.0803. The van der Waals surface area contributed by atoms with Gasteiger partial charge in [0.05, 0.1) is 19.3 Å². The molecule has 0 amide bonds. The Bertz CT molecular complexity index is 379. The molecule has 5 heteroatoms. The molecule has 0 spiro atoms. The average Bonchev–Trinajstić information content (AvgIpc) is 2.23. The maximum Gasteiger partial charge on any atom is 0.338 e. The molecule has 0 atom stereocenters. The van der Waals surface area contributed by atoms with E-state index in [1.54, 1.807) is 0 Å². The molecule has 0 N–H and O–H groups in total. The van der Waals surface area contributed by atoms with Crippen LogP contribution in [0.1, 0.15) is 17.3 Å². The monoisotopic (exact) mass is 224 g/mol. The summed E-state index contributed by atoms with van der Waals surface area (Å²) < 4.78 is 9.81. The summed E-state index contributed by atoms with van der Waals surface area (Å²) in [7, 11) is 6.97. The fourth-order valence-electron chi connectivity index (χ4n) is 1.10. The maximum atomic E-state index is 11.3. The lowest BCUT2D eigenvalue weighted by Crippen LogP contribution is -2.13. The number of halogens is 1. The van der Waals surface area contributed by atoms with Crippen molar-refractivity contribution >= 4 is 30.9 Å². The number of ether oxygens (including phenoxy) is 2. The molecule has 15 heavy (non-hydrogen) atoms. The van der Waals surface area contributed by atoms with Crippen LogP contribution >= 0.6 is 11.6 Å². The standard InChI is InChI=1S/C10H10BClO3/c1-3-15-8-5-6(10(13)14-2)4-7(12)9(8)11/h4-5H,3H2,1-2H3. The van der Waals surface area contributed by atoms with Crippen molar-refractivity contribution in [2.75, 3.05) is 13.7 Å². The Balaban J connectivity index is 3.16. The molecule has 0 aliphatic carbocycles. The molecule has 2 radical (unpaired) electrons. The van der Waals surface area contributed by atoms with Gasteiger partial charge in [-0.25, -0.2) is 4.79 Å². The van der Waals surface area contributed by atoms with E-state index in [0.717, 1.165) is 0 Å². The molecule has 0 aromatic heterocycles. The summed E-state index contributed by atoms with van der Waals surface area (Å²) in [4.78, 5) is 11.3. The van der Waals surface area contributed by atoms with Gasteiger partial charge in [-0.05, 0) is 24.5 Å². The first-order chi connectivity index (χ1) is 7.10. The highest BCUT2D eigenvalue weighted by molar-refractivity contribution is 6.46. The summed E-state index contributed by atoms with van der Waals surface area (Å²) in [5, 5.41) is 0.279. The van der Waals surface area contributed by atoms with Gasteiger partial charge in [-0.15, -0.1) is 0 Å². The van der Waals surface area contributed by atoms with E-state index >= 15 is 0 Å². The van der Waals surface area contributed by atoms with Gasteiger partial charge in [0.15, 0.2) is 0 Å². The van der Waals surface area contributed by atoms with Crippen molar-refractivity contribution in [3.05, 3.63) is 22.7 Å². The Morgan fingerprint density at radius 2 is 2.20 bits per heavy atom. The minimum absolute atomic E-state index is 0.279. The van der Waals surface area contributed by atoms with E-state index in [0.29, 0.717) is 23.4 Å². The topological polar surface area (TPSA) is 35.5 Å². The van der Waals surface area contributed by atoms with Crippen molar-refractivity contribution in [2.24, 2.45) is 0 Å². The zero-order valence-electron chi connectivity index (χ0n) is 8.54. The highest BCUT2D eigenvalue weighted by Crippen LogP contribution is 2.18. The second kappa shape index (κ2) is 5.07. The molecule has 1 aromatic rings. The van der Waals surface area contributed by atoms with Gasteiger partial charge < -0.3 is 9.47 Å². The lowest BCUT2D eigenvalue weighted by molar-refractivity contribution is 0.0600. The third kappa shape index (κ3) is 2.66. The van der Waals surface area contributed by atoms with E-state index in [9.17, 15) is 4.79 Å². The number of carbonyl (C=O) groups excluding carboxylic acids is 1. The molecule has 1 aromatic carbocycles. The van der Waals surface area contributed by atoms with Gasteiger partial charge in [0.25, 0.3) is 0 Å². The molecular formula is C10H10BClO3. The summed E-state index contributed by atoms with van der Waals surface area (Å²) in [6.07, 6.45) is 0. The van der Waals surface area contributed by atoms with Gasteiger partial charge in [0.1, 0.15) is 13.6 Å². The van der Waals surface area contributed by atoms with E-state index in [1.165, 1.54) is 19.2 Å². The zero-order valence-corrected chi connectivity index (χ0v) is 9.30. The molecule has 0 aliphatic heterocycles. The number of esters is 1. The van der Waals surface area contributed by atoms with E-state index < -0.39 is 5.97 Å². The van der Waals surface area contributed by atoms with Crippen molar-refractivity contribution in [3.8, 4) is 5.75 Å². The highest BCUT2D eigenvalue weighted by atomic mass is 35.5. The largest absolute Gasteiger partial charge is 0.494 e. The normalized spacial score (nSPS) is 9.80. The Labute approximate surface area is 94.7 Å². The molecule has 0 saturated heterocycles. The van der Waals surface area contributed by atoms with Gasteiger partial charge >= 0.3 is 5.97 Å². The summed E-state index contributed by atoms with van der Waals surface area (Å²) in [6.45, 7) is 2.27. The first-order valence-corrected chi connectivity index (χ1v) is 4.78. The van der Waals surface area contributed by atoms with Crippen LogP contribution in [0.5, 0.6) is 5.75 Å². The molecule has 3 nitrogen and oxygen atoms in total. The Hall–Kier alpha value is -1.16. The van der Waals surface area contributed by atoms with Crippen LogP contribution in [-0.2, 0) is 4.74 Å². The van der Waals surface area contributed by atoms with Crippen molar-refractivity contribution in [3.63, 3.8) is 0 Å². The van der Waals surface area contributed by atoms with Crippen LogP contribution in [-0.4, -0.2) is 27.5 Å². The quantitative estimate of drug-likeness (QED) is 0.574. The molecule has 0 heterocycles. The van der Waals surface area contributed by atoms with Crippen molar-refractivity contribution in [1.82, 2.24) is 0 Å². The lowest BCUT2D eigenvalue weighted by Gasteiger charge is -2.10. The van der Waals surface area contributed by atoms with Gasteiger partial charge in [0, 0.05) is 5.02 Å². The number of hydrogen-bond acceptors (Lipinski definition) is 3. The van der Waals surface area contributed by atoms with Crippen molar-refractivity contribution < 1.29 is 14.3 Å². The molecular weight excluding hydrogens is 214 g/mol. The van der Waals surface area contributed by atoms with Crippen molar-refractivity contribution in [2.45, 2.75) is 6.92 Å². The second-order valence-electron chi connectivity index (χ2n) is 2.79. The third-order valence-corrected chi connectivity index (χ3v) is 2.13. The SMILES string of the molecule is [B]c1c(Cl)cc(C(=O)OC)cc1OCC. The molecule has 0 bridgehead atoms. The smallest absolute Gasteiger partial charge is 0.338 e. The van der Waals surface area contributed by atoms with Crippen LogP contribution in [0.2, 0.25) is 5.02 Å². The summed E-state index contributed by atoms with van der Waals surface area (Å²) in [6, 6.07) is 2.96. The molecule has 0 fully saturated rings. The van der Waals surface area contributed by atoms with Gasteiger partial charge in [-0.2, -0.15) is 0 Å². The highest BCUT2D eigenvalue weighted by Gasteiger charge is 2.11. The van der Waals surface area contributed by atoms with Crippen LogP contribution < -0.4 is 10.2 Å². The van der Waals surface area contributed by atoms with Gasteiger partial charge in [-0.3, -0.25) is 0 Å². The number of hydrogen-bond donors (Lipinski definition) is 0. The number of carbonyl (C=O) groups is 1. The average molecular weight is 224 g/mol. The third-order valence-electron chi connectivity index (χ3n) is 1.81. The van der Waals surface area contributed by atoms with Crippen LogP contribution in [0.4, 0.5) is 0 Å². The van der Waals surface area contributed by atoms with E-state index in [1.807, 2.05) is 6.92 Å². The Morgan fingerprint density at radius 1 is 1.53 bits per heavy atom. The Kier molecular flexibility index (Phi) is 4.03. The van der Waals surface area contributed by atoms with E-state index in [4.69, 9.17) is 24.2 Å². The van der Waals surface area contributed by atoms with Gasteiger partial charge in [-0.1, -0.05) is 11.6 Å². The van der Waals surface area contributed by atoms with E-state index in [2.05, 4.69) is 4.74 Å². The summed E-state index contributed by atoms with van der Waals surface area (Å²) >= 11 is 5.84. The second-order valence-corrected chi connectivity index (χ2v) is 3.20. The first kappa shape index (κ1) is 11.9. The predicted octanol–water partition coefficient (Wildman–Crippen LogP) is 1.32. The zero-order chi connectivity index (χ0) is 11.4. The number of rotatable bonds is 3. The summed E-state index contributed by atoms with van der Waals surface area (Å²) in [5.41, 5.74) is 0.645. The van der Waals surface area contributed by atoms with Crippen LogP contribution in [0.3, 0.4) is 0 Å². The molecule has 78 valence electrons. The fraction of sp³-hybridized carbons (Fsp3) is 0.300. The van der Waals surface area contributed by atoms with Crippen LogP contribution in [0.15, 0.2) is 12.1 Å². The predicted molar refractivity (Wildman–Crippen MR) is 59.3 cm³/mol.